The summed E-state index contributed by atoms with van der Waals surface area (Å²) in [6.45, 7) is 3.17. The highest BCUT2D eigenvalue weighted by Crippen LogP contribution is 2.28. The molecule has 3 nitrogen and oxygen atoms in total. The summed E-state index contributed by atoms with van der Waals surface area (Å²) in [4.78, 5) is 9.02. The average molecular weight is 287 g/mol. The zero-order valence-corrected chi connectivity index (χ0v) is 12.7. The summed E-state index contributed by atoms with van der Waals surface area (Å²) in [6.07, 6.45) is 7.38. The molecule has 20 heavy (non-hydrogen) atoms. The van der Waals surface area contributed by atoms with Gasteiger partial charge >= 0.3 is 0 Å². The van der Waals surface area contributed by atoms with E-state index in [1.807, 2.05) is 24.4 Å². The molecule has 1 atom stereocenters. The molecule has 1 N–H and O–H groups in total. The molecule has 2 heterocycles. The number of aromatic nitrogens is 2. The van der Waals surface area contributed by atoms with Gasteiger partial charge in [-0.3, -0.25) is 4.98 Å². The maximum atomic E-state index is 4.67. The zero-order valence-electron chi connectivity index (χ0n) is 11.9. The van der Waals surface area contributed by atoms with Crippen LogP contribution in [0.15, 0.2) is 29.8 Å². The Morgan fingerprint density at radius 2 is 2.20 bits per heavy atom. The van der Waals surface area contributed by atoms with Crippen molar-refractivity contribution in [2.24, 2.45) is 5.92 Å². The maximum absolute atomic E-state index is 4.67. The molecular weight excluding hydrogens is 266 g/mol. The number of hydrogen-bond donors (Lipinski definition) is 1. The van der Waals surface area contributed by atoms with E-state index in [4.69, 9.17) is 0 Å². The molecule has 0 spiro atoms. The van der Waals surface area contributed by atoms with Crippen LogP contribution in [0.3, 0.4) is 0 Å². The predicted octanol–water partition coefficient (Wildman–Crippen LogP) is 3.87. The Kier molecular flexibility index (Phi) is 4.43. The molecule has 1 aliphatic carbocycles. The lowest BCUT2D eigenvalue weighted by Gasteiger charge is -2.19. The molecule has 2 aromatic rings. The predicted molar refractivity (Wildman–Crippen MR) is 83.6 cm³/mol. The Bertz CT molecular complexity index is 532. The van der Waals surface area contributed by atoms with Crippen LogP contribution in [0.1, 0.15) is 38.3 Å². The van der Waals surface area contributed by atoms with Gasteiger partial charge in [-0.25, -0.2) is 4.98 Å². The molecule has 1 fully saturated rings. The second kappa shape index (κ2) is 6.46. The van der Waals surface area contributed by atoms with Crippen molar-refractivity contribution < 1.29 is 0 Å². The van der Waals surface area contributed by atoms with Crippen molar-refractivity contribution >= 4 is 11.3 Å². The van der Waals surface area contributed by atoms with E-state index in [1.165, 1.54) is 25.7 Å². The van der Waals surface area contributed by atoms with E-state index in [0.717, 1.165) is 28.9 Å². The second-order valence-electron chi connectivity index (χ2n) is 5.57. The molecule has 0 unspecified atom stereocenters. The van der Waals surface area contributed by atoms with E-state index < -0.39 is 0 Å². The third-order valence-electron chi connectivity index (χ3n) is 4.15. The molecule has 3 rings (SSSR count). The smallest absolute Gasteiger partial charge is 0.142 e. The molecule has 2 aromatic heterocycles. The lowest BCUT2D eigenvalue weighted by Crippen LogP contribution is -2.31. The van der Waals surface area contributed by atoms with Gasteiger partial charge in [0.2, 0.25) is 0 Å². The van der Waals surface area contributed by atoms with E-state index in [-0.39, 0.29) is 0 Å². The first-order valence-corrected chi connectivity index (χ1v) is 8.30. The zero-order chi connectivity index (χ0) is 13.8. The van der Waals surface area contributed by atoms with Gasteiger partial charge in [-0.1, -0.05) is 18.9 Å². The van der Waals surface area contributed by atoms with Gasteiger partial charge in [0, 0.05) is 24.2 Å². The third kappa shape index (κ3) is 3.25. The largest absolute Gasteiger partial charge is 0.308 e. The number of pyridine rings is 1. The minimum absolute atomic E-state index is 0.595. The van der Waals surface area contributed by atoms with E-state index in [9.17, 15) is 0 Å². The first-order valence-electron chi connectivity index (χ1n) is 7.42. The minimum Gasteiger partial charge on any atom is -0.308 e. The van der Waals surface area contributed by atoms with Gasteiger partial charge in [-0.15, -0.1) is 11.3 Å². The number of nitrogens with one attached hydrogen (secondary N) is 1. The fraction of sp³-hybridized carbons (Fsp3) is 0.500. The van der Waals surface area contributed by atoms with Crippen LogP contribution in [-0.4, -0.2) is 16.0 Å². The maximum Gasteiger partial charge on any atom is 0.142 e. The van der Waals surface area contributed by atoms with Gasteiger partial charge < -0.3 is 5.32 Å². The molecule has 0 radical (unpaired) electrons. The fourth-order valence-electron chi connectivity index (χ4n) is 2.88. The third-order valence-corrected chi connectivity index (χ3v) is 5.06. The highest BCUT2D eigenvalue weighted by Gasteiger charge is 2.21. The monoisotopic (exact) mass is 287 g/mol. The van der Waals surface area contributed by atoms with Gasteiger partial charge in [0.05, 0.1) is 11.4 Å². The van der Waals surface area contributed by atoms with Crippen molar-refractivity contribution in [3.63, 3.8) is 0 Å². The van der Waals surface area contributed by atoms with Crippen LogP contribution in [0.2, 0.25) is 0 Å². The quantitative estimate of drug-likeness (QED) is 0.907. The Morgan fingerprint density at radius 1 is 1.35 bits per heavy atom. The van der Waals surface area contributed by atoms with Crippen LogP contribution < -0.4 is 5.32 Å². The van der Waals surface area contributed by atoms with E-state index in [1.54, 1.807) is 11.3 Å². The van der Waals surface area contributed by atoms with Crippen LogP contribution in [0.25, 0.3) is 10.7 Å². The molecule has 0 aromatic carbocycles. The van der Waals surface area contributed by atoms with Crippen LogP contribution in [-0.2, 0) is 6.54 Å². The van der Waals surface area contributed by atoms with Crippen molar-refractivity contribution in [3.8, 4) is 10.7 Å². The molecule has 1 saturated carbocycles. The number of rotatable bonds is 5. The highest BCUT2D eigenvalue weighted by atomic mass is 32.1. The molecule has 0 saturated heterocycles. The van der Waals surface area contributed by atoms with Gasteiger partial charge in [-0.05, 0) is 37.8 Å². The Hall–Kier alpha value is -1.26. The van der Waals surface area contributed by atoms with Crippen LogP contribution in [0.4, 0.5) is 0 Å². The fourth-order valence-corrected chi connectivity index (χ4v) is 3.68. The number of nitrogens with zero attached hydrogens (tertiary/aromatic N) is 2. The standard InChI is InChI=1S/C16H21N3S/c1-12(13-6-2-3-7-13)18-10-14-11-20-16(19-14)15-8-4-5-9-17-15/h4-5,8-9,11-13,18H,2-3,6-7,10H2,1H3/t12-/m0/s1. The summed E-state index contributed by atoms with van der Waals surface area (Å²) in [7, 11) is 0. The molecular formula is C16H21N3S. The highest BCUT2D eigenvalue weighted by molar-refractivity contribution is 7.13. The van der Waals surface area contributed by atoms with Gasteiger partial charge in [-0.2, -0.15) is 0 Å². The first-order chi connectivity index (χ1) is 9.83. The van der Waals surface area contributed by atoms with Crippen LogP contribution >= 0.6 is 11.3 Å². The summed E-state index contributed by atoms with van der Waals surface area (Å²) in [5, 5.41) is 6.78. The number of thiazole rings is 1. The second-order valence-corrected chi connectivity index (χ2v) is 6.43. The summed E-state index contributed by atoms with van der Waals surface area (Å²) >= 11 is 1.67. The van der Waals surface area contributed by atoms with Gasteiger partial charge in [0.1, 0.15) is 5.01 Å². The first kappa shape index (κ1) is 13.7. The Morgan fingerprint density at radius 3 is 2.95 bits per heavy atom. The van der Waals surface area contributed by atoms with Crippen molar-refractivity contribution in [2.75, 3.05) is 0 Å². The van der Waals surface area contributed by atoms with Crippen molar-refractivity contribution in [1.82, 2.24) is 15.3 Å². The normalized spacial score (nSPS) is 17.4. The number of hydrogen-bond acceptors (Lipinski definition) is 4. The Labute approximate surface area is 124 Å². The van der Waals surface area contributed by atoms with Crippen molar-refractivity contribution in [2.45, 2.75) is 45.2 Å². The molecule has 0 bridgehead atoms. The molecule has 0 aliphatic heterocycles. The van der Waals surface area contributed by atoms with Crippen molar-refractivity contribution in [1.29, 1.82) is 0 Å². The lowest BCUT2D eigenvalue weighted by molar-refractivity contribution is 0.379. The molecule has 1 aliphatic rings. The summed E-state index contributed by atoms with van der Waals surface area (Å²) < 4.78 is 0. The van der Waals surface area contributed by atoms with Gasteiger partial charge in [0.25, 0.3) is 0 Å². The van der Waals surface area contributed by atoms with Crippen LogP contribution in [0, 0.1) is 5.92 Å². The summed E-state index contributed by atoms with van der Waals surface area (Å²) in [5.74, 6) is 0.851. The summed E-state index contributed by atoms with van der Waals surface area (Å²) in [6, 6.07) is 6.54. The minimum atomic E-state index is 0.595. The van der Waals surface area contributed by atoms with Crippen molar-refractivity contribution in [3.05, 3.63) is 35.5 Å². The van der Waals surface area contributed by atoms with E-state index in [0.29, 0.717) is 6.04 Å². The topological polar surface area (TPSA) is 37.8 Å². The molecule has 4 heteroatoms. The van der Waals surface area contributed by atoms with E-state index in [2.05, 4.69) is 27.6 Å². The summed E-state index contributed by atoms with van der Waals surface area (Å²) in [5.41, 5.74) is 2.09. The average Bonchev–Trinajstić information content (AvgIpc) is 3.17. The lowest BCUT2D eigenvalue weighted by atomic mass is 10.00. The SMILES string of the molecule is C[C@H](NCc1csc(-c2ccccn2)n1)C1CCCC1. The van der Waals surface area contributed by atoms with E-state index >= 15 is 0 Å². The van der Waals surface area contributed by atoms with Gasteiger partial charge in [0.15, 0.2) is 0 Å². The Balaban J connectivity index is 1.57. The molecule has 0 amide bonds. The molecule has 106 valence electrons. The van der Waals surface area contributed by atoms with Crippen LogP contribution in [0.5, 0.6) is 0 Å².